The first-order valence-corrected chi connectivity index (χ1v) is 10.5. The van der Waals surface area contributed by atoms with Crippen LogP contribution in [0.1, 0.15) is 24.0 Å². The molecule has 29 heavy (non-hydrogen) atoms. The highest BCUT2D eigenvalue weighted by molar-refractivity contribution is 7.09. The zero-order chi connectivity index (χ0) is 20.2. The molecule has 0 aliphatic carbocycles. The van der Waals surface area contributed by atoms with Gasteiger partial charge in [-0.2, -0.15) is 9.36 Å². The van der Waals surface area contributed by atoms with Crippen LogP contribution >= 0.6 is 11.5 Å². The minimum Gasteiger partial charge on any atom is -0.352 e. The molecule has 1 aliphatic heterocycles. The Hall–Kier alpha value is -2.80. The van der Waals surface area contributed by atoms with Gasteiger partial charge < -0.3 is 10.2 Å². The van der Waals surface area contributed by atoms with Crippen LogP contribution in [0.15, 0.2) is 48.5 Å². The Morgan fingerprint density at radius 3 is 2.69 bits per heavy atom. The summed E-state index contributed by atoms with van der Waals surface area (Å²) in [4.78, 5) is 19.4. The van der Waals surface area contributed by atoms with Crippen LogP contribution < -0.4 is 10.2 Å². The predicted molar refractivity (Wildman–Crippen MR) is 113 cm³/mol. The summed E-state index contributed by atoms with van der Waals surface area (Å²) in [6.07, 6.45) is 1.54. The average molecular weight is 411 g/mol. The van der Waals surface area contributed by atoms with Crippen LogP contribution in [-0.2, 0) is 11.3 Å². The molecule has 1 aromatic heterocycles. The van der Waals surface area contributed by atoms with E-state index in [0.29, 0.717) is 12.1 Å². The first kappa shape index (κ1) is 19.5. The number of aryl methyl sites for hydroxylation is 1. The number of rotatable bonds is 5. The highest BCUT2D eigenvalue weighted by Gasteiger charge is 2.26. The third kappa shape index (κ3) is 4.62. The third-order valence-corrected chi connectivity index (χ3v) is 6.06. The Morgan fingerprint density at radius 2 is 1.97 bits per heavy atom. The number of hydrogen-bond acceptors (Lipinski definition) is 5. The Bertz CT molecular complexity index is 983. The fourth-order valence-electron chi connectivity index (χ4n) is 3.46. The lowest BCUT2D eigenvalue weighted by atomic mass is 9.96. The molecule has 0 saturated carbocycles. The zero-order valence-corrected chi connectivity index (χ0v) is 17.1. The molecule has 1 fully saturated rings. The summed E-state index contributed by atoms with van der Waals surface area (Å²) < 4.78 is 18.1. The molecule has 0 spiro atoms. The Morgan fingerprint density at radius 1 is 1.21 bits per heavy atom. The van der Waals surface area contributed by atoms with Crippen LogP contribution in [0.25, 0.3) is 11.4 Å². The molecule has 150 valence electrons. The van der Waals surface area contributed by atoms with Crippen molar-refractivity contribution in [2.24, 2.45) is 5.92 Å². The van der Waals surface area contributed by atoms with Gasteiger partial charge in [0, 0.05) is 42.6 Å². The Kier molecular flexibility index (Phi) is 5.85. The summed E-state index contributed by atoms with van der Waals surface area (Å²) in [5.41, 5.74) is 2.40. The number of amides is 1. The van der Waals surface area contributed by atoms with E-state index < -0.39 is 0 Å². The van der Waals surface area contributed by atoms with Crippen molar-refractivity contribution in [2.75, 3.05) is 18.0 Å². The number of nitrogens with one attached hydrogen (secondary N) is 1. The van der Waals surface area contributed by atoms with Gasteiger partial charge in [0.15, 0.2) is 5.82 Å². The van der Waals surface area contributed by atoms with Crippen molar-refractivity contribution < 1.29 is 9.18 Å². The molecule has 1 amide bonds. The second-order valence-corrected chi connectivity index (χ2v) is 8.06. The highest BCUT2D eigenvalue weighted by atomic mass is 32.1. The molecule has 2 heterocycles. The molecule has 0 bridgehead atoms. The number of nitrogens with zero attached hydrogens (tertiary/aromatic N) is 3. The maximum absolute atomic E-state index is 13.6. The van der Waals surface area contributed by atoms with Gasteiger partial charge in [0.25, 0.3) is 0 Å². The molecular weight excluding hydrogens is 387 g/mol. The molecule has 7 heteroatoms. The minimum absolute atomic E-state index is 0.0249. The number of carbonyl (C=O) groups is 1. The summed E-state index contributed by atoms with van der Waals surface area (Å²) in [7, 11) is 0. The largest absolute Gasteiger partial charge is 0.352 e. The summed E-state index contributed by atoms with van der Waals surface area (Å²) >= 11 is 1.40. The van der Waals surface area contributed by atoms with Gasteiger partial charge in [-0.1, -0.05) is 42.5 Å². The number of halogens is 1. The Labute approximate surface area is 173 Å². The monoisotopic (exact) mass is 410 g/mol. The van der Waals surface area contributed by atoms with Gasteiger partial charge in [0.1, 0.15) is 5.82 Å². The van der Waals surface area contributed by atoms with Crippen LogP contribution in [-0.4, -0.2) is 28.4 Å². The first-order valence-electron chi connectivity index (χ1n) is 9.77. The van der Waals surface area contributed by atoms with E-state index >= 15 is 0 Å². The van der Waals surface area contributed by atoms with Crippen molar-refractivity contribution in [3.63, 3.8) is 0 Å². The smallest absolute Gasteiger partial charge is 0.223 e. The topological polar surface area (TPSA) is 58.1 Å². The van der Waals surface area contributed by atoms with Gasteiger partial charge >= 0.3 is 0 Å². The summed E-state index contributed by atoms with van der Waals surface area (Å²) in [6.45, 7) is 3.64. The van der Waals surface area contributed by atoms with Gasteiger partial charge in [0.05, 0.1) is 0 Å². The molecule has 3 aromatic rings. The lowest BCUT2D eigenvalue weighted by Crippen LogP contribution is -2.40. The predicted octanol–water partition coefficient (Wildman–Crippen LogP) is 4.19. The van der Waals surface area contributed by atoms with Gasteiger partial charge in [-0.25, -0.2) is 4.39 Å². The second kappa shape index (κ2) is 8.69. The molecule has 0 unspecified atom stereocenters. The van der Waals surface area contributed by atoms with Gasteiger partial charge in [-0.15, -0.1) is 0 Å². The van der Waals surface area contributed by atoms with Crippen molar-refractivity contribution in [2.45, 2.75) is 26.3 Å². The van der Waals surface area contributed by atoms with Crippen LogP contribution in [0.4, 0.5) is 9.52 Å². The number of hydrogen-bond donors (Lipinski definition) is 1. The Balaban J connectivity index is 1.29. The fourth-order valence-corrected chi connectivity index (χ4v) is 4.20. The summed E-state index contributed by atoms with van der Waals surface area (Å²) in [5, 5.41) is 3.85. The van der Waals surface area contributed by atoms with Crippen molar-refractivity contribution >= 4 is 22.6 Å². The fraction of sp³-hybridized carbons (Fsp3) is 0.318. The summed E-state index contributed by atoms with van der Waals surface area (Å²) in [5.74, 6) is 0.517. The number of carbonyl (C=O) groups excluding carboxylic acids is 1. The lowest BCUT2D eigenvalue weighted by molar-refractivity contribution is -0.125. The van der Waals surface area contributed by atoms with E-state index in [1.165, 1.54) is 17.6 Å². The first-order chi connectivity index (χ1) is 14.1. The molecule has 5 nitrogen and oxygen atoms in total. The standard InChI is InChI=1S/C22H23FN4OS/c1-15-7-8-16(13-19(15)23)14-24-21(28)18-9-11-27(12-10-18)22-25-20(26-29-22)17-5-3-2-4-6-17/h2-8,13,18H,9-12,14H2,1H3,(H,24,28). The second-order valence-electron chi connectivity index (χ2n) is 7.33. The van der Waals surface area contributed by atoms with E-state index in [9.17, 15) is 9.18 Å². The van der Waals surface area contributed by atoms with Gasteiger partial charge in [-0.05, 0) is 37.0 Å². The highest BCUT2D eigenvalue weighted by Crippen LogP contribution is 2.28. The van der Waals surface area contributed by atoms with Crippen LogP contribution in [0.5, 0.6) is 0 Å². The zero-order valence-electron chi connectivity index (χ0n) is 16.3. The van der Waals surface area contributed by atoms with Crippen molar-refractivity contribution in [1.82, 2.24) is 14.7 Å². The molecule has 4 rings (SSSR count). The van der Waals surface area contributed by atoms with Crippen LogP contribution in [0.3, 0.4) is 0 Å². The molecule has 1 saturated heterocycles. The maximum atomic E-state index is 13.6. The quantitative estimate of drug-likeness (QED) is 0.685. The molecule has 0 radical (unpaired) electrons. The number of aromatic nitrogens is 2. The van der Waals surface area contributed by atoms with Gasteiger partial charge in [0.2, 0.25) is 11.0 Å². The molecule has 2 aromatic carbocycles. The maximum Gasteiger partial charge on any atom is 0.223 e. The lowest BCUT2D eigenvalue weighted by Gasteiger charge is -2.30. The summed E-state index contributed by atoms with van der Waals surface area (Å²) in [6, 6.07) is 15.0. The molecule has 0 atom stereocenters. The van der Waals surface area contributed by atoms with Crippen molar-refractivity contribution in [1.29, 1.82) is 0 Å². The number of benzene rings is 2. The van der Waals surface area contributed by atoms with E-state index in [1.54, 1.807) is 13.0 Å². The van der Waals surface area contributed by atoms with E-state index in [-0.39, 0.29) is 17.6 Å². The van der Waals surface area contributed by atoms with E-state index in [0.717, 1.165) is 48.0 Å². The van der Waals surface area contributed by atoms with E-state index in [2.05, 4.69) is 19.6 Å². The van der Waals surface area contributed by atoms with Gasteiger partial charge in [-0.3, -0.25) is 4.79 Å². The van der Waals surface area contributed by atoms with E-state index in [4.69, 9.17) is 0 Å². The number of piperidine rings is 1. The third-order valence-electron chi connectivity index (χ3n) is 5.29. The van der Waals surface area contributed by atoms with Crippen LogP contribution in [0.2, 0.25) is 0 Å². The van der Waals surface area contributed by atoms with Crippen LogP contribution in [0, 0.1) is 18.7 Å². The minimum atomic E-state index is -0.239. The normalized spacial score (nSPS) is 14.8. The molecular formula is C22H23FN4OS. The SMILES string of the molecule is Cc1ccc(CNC(=O)C2CCN(c3nc(-c4ccccc4)ns3)CC2)cc1F. The van der Waals surface area contributed by atoms with E-state index in [1.807, 2.05) is 36.4 Å². The average Bonchev–Trinajstić information content (AvgIpc) is 3.25. The molecule has 1 N–H and O–H groups in total. The van der Waals surface area contributed by atoms with Crippen molar-refractivity contribution in [3.05, 3.63) is 65.5 Å². The van der Waals surface area contributed by atoms with Crippen molar-refractivity contribution in [3.8, 4) is 11.4 Å². The molecule has 1 aliphatic rings. The number of anilines is 1.